The summed E-state index contributed by atoms with van der Waals surface area (Å²) in [7, 11) is 0. The summed E-state index contributed by atoms with van der Waals surface area (Å²) < 4.78 is 0. The van der Waals surface area contributed by atoms with Gasteiger partial charge in [-0.3, -0.25) is 0 Å². The van der Waals surface area contributed by atoms with Crippen molar-refractivity contribution >= 4 is 56.5 Å². The molecule has 0 fully saturated rings. The van der Waals surface area contributed by atoms with Gasteiger partial charge in [-0.2, -0.15) is 9.90 Å². The molecule has 0 aliphatic heterocycles. The van der Waals surface area contributed by atoms with E-state index in [4.69, 9.17) is 0 Å². The Bertz CT molecular complexity index is 21.4. The molecule has 0 saturated carbocycles. The summed E-state index contributed by atoms with van der Waals surface area (Å²) in [6.45, 7) is 0. The van der Waals surface area contributed by atoms with E-state index < -0.39 is 0 Å². The maximum atomic E-state index is 2.15. The normalized spacial score (nSPS) is 0.545. The number of hydrogen-bond acceptors (Lipinski definition) is 0. The standard InChI is InChI=1S/CH3I.6CH4.HI.K.H3P.H/c1-2;;;;;;;;;;/h1H3;6*1H4;1H;;1H3;/q;;;;;;;;+1;;-1/i;;;;;;;;;;1+1. The minimum absolute atomic E-state index is 0. The van der Waals surface area contributed by atoms with Gasteiger partial charge in [-0.1, -0.05) is 67.2 Å². The first-order valence-corrected chi connectivity index (χ1v) is 2.54. The average Bonchev–Trinajstić information content (AvgIpc) is 1.00. The second-order valence-electron chi connectivity index (χ2n) is 0. The SMILES string of the molecule is C.C.C.C.C.C.CI.I.P.[2H-].[K+]. The van der Waals surface area contributed by atoms with Crippen molar-refractivity contribution in [1.82, 2.24) is 0 Å². The van der Waals surface area contributed by atoms with Crippen molar-refractivity contribution < 1.29 is 52.8 Å². The molecule has 0 saturated heterocycles. The summed E-state index contributed by atoms with van der Waals surface area (Å²) in [5.74, 6) is 0. The van der Waals surface area contributed by atoms with E-state index in [2.05, 4.69) is 22.6 Å². The van der Waals surface area contributed by atoms with Crippen LogP contribution in [0.15, 0.2) is 0 Å². The third-order valence-corrected chi connectivity index (χ3v) is 0. The molecule has 0 aromatic heterocycles. The molecule has 4 heteroatoms. The Balaban J connectivity index is -0.000000000111. The van der Waals surface area contributed by atoms with Crippen LogP contribution in [-0.4, -0.2) is 4.93 Å². The van der Waals surface area contributed by atoms with Crippen LogP contribution in [0.3, 0.4) is 0 Å². The van der Waals surface area contributed by atoms with E-state index in [0.717, 1.165) is 0 Å². The maximum absolute atomic E-state index is 2.15. The molecule has 0 N–H and O–H groups in total. The summed E-state index contributed by atoms with van der Waals surface area (Å²) in [6.07, 6.45) is 0. The molecular weight excluding hydrogens is 408 g/mol. The zero-order valence-electron chi connectivity index (χ0n) is 4.49. The van der Waals surface area contributed by atoms with Crippen LogP contribution in [0.2, 0.25) is 0 Å². The summed E-state index contributed by atoms with van der Waals surface area (Å²) in [5.41, 5.74) is 0. The van der Waals surface area contributed by atoms with Crippen molar-refractivity contribution in [1.29, 1.82) is 0 Å². The van der Waals surface area contributed by atoms with Gasteiger partial charge in [-0.15, -0.1) is 24.0 Å². The molecule has 0 heterocycles. The van der Waals surface area contributed by atoms with Crippen molar-refractivity contribution in [2.24, 2.45) is 0 Å². The third-order valence-electron chi connectivity index (χ3n) is 0. The van der Waals surface area contributed by atoms with Crippen LogP contribution in [0.4, 0.5) is 0 Å². The monoisotopic (exact) mass is 441 g/mol. The molecule has 11 heavy (non-hydrogen) atoms. The van der Waals surface area contributed by atoms with Crippen molar-refractivity contribution in [2.75, 3.05) is 4.93 Å². The minimum atomic E-state index is 0. The number of halogens is 2. The third kappa shape index (κ3) is 145. The van der Waals surface area contributed by atoms with Crippen LogP contribution >= 0.6 is 56.5 Å². The number of alkyl halides is 1. The molecule has 0 amide bonds. The van der Waals surface area contributed by atoms with Gasteiger partial charge in [0.05, 0.1) is 0 Å². The molecule has 0 aliphatic carbocycles. The summed E-state index contributed by atoms with van der Waals surface area (Å²) in [5, 5.41) is 0. The van der Waals surface area contributed by atoms with Gasteiger partial charge in [0.2, 0.25) is 0 Å². The van der Waals surface area contributed by atoms with Gasteiger partial charge in [0, 0.05) is 0 Å². The zero-order chi connectivity index (χ0) is 2.00. The summed E-state index contributed by atoms with van der Waals surface area (Å²) >= 11 is 2.15. The molecule has 1 atom stereocenters. The van der Waals surface area contributed by atoms with E-state index >= 15 is 0 Å². The second kappa shape index (κ2) is 171. The molecule has 0 rings (SSSR count). The van der Waals surface area contributed by atoms with Gasteiger partial charge < -0.3 is 1.43 Å². The Morgan fingerprint density at radius 1 is 0.727 bits per heavy atom. The van der Waals surface area contributed by atoms with Crippen molar-refractivity contribution in [3.05, 3.63) is 0 Å². The summed E-state index contributed by atoms with van der Waals surface area (Å²) in [6, 6.07) is 0. The quantitative estimate of drug-likeness (QED) is 0.235. The van der Waals surface area contributed by atoms with E-state index in [1.807, 2.05) is 4.93 Å². The summed E-state index contributed by atoms with van der Waals surface area (Å²) in [4.78, 5) is 1.97. The van der Waals surface area contributed by atoms with Crippen LogP contribution in [0.5, 0.6) is 0 Å². The van der Waals surface area contributed by atoms with E-state index in [0.29, 0.717) is 0 Å². The second-order valence-corrected chi connectivity index (χ2v) is 0. The van der Waals surface area contributed by atoms with Crippen LogP contribution < -0.4 is 51.4 Å². The van der Waals surface area contributed by atoms with Crippen LogP contribution in [0, 0.1) is 0 Å². The van der Waals surface area contributed by atoms with Crippen molar-refractivity contribution in [2.45, 2.75) is 44.6 Å². The molecule has 0 radical (unpaired) electrons. The van der Waals surface area contributed by atoms with E-state index in [1.54, 1.807) is 0 Å². The average molecular weight is 441 g/mol. The topological polar surface area (TPSA) is 0 Å². The van der Waals surface area contributed by atoms with Gasteiger partial charge in [-0.25, -0.2) is 0 Å². The van der Waals surface area contributed by atoms with Crippen molar-refractivity contribution in [3.63, 3.8) is 0 Å². The first-order chi connectivity index (χ1) is 1.00. The molecule has 1 unspecified atom stereocenters. The Hall–Kier alpha value is 3.53. The molecular formula is C7H32I2KP. The van der Waals surface area contributed by atoms with E-state index in [1.165, 1.54) is 0 Å². The smallest absolute Gasteiger partial charge is 1.00 e. The predicted molar refractivity (Wildman–Crippen MR) is 88.0 cm³/mol. The fourth-order valence-electron chi connectivity index (χ4n) is 0. The Kier molecular flexibility index (Phi) is 2010. The molecule has 0 bridgehead atoms. The Morgan fingerprint density at radius 3 is 0.727 bits per heavy atom. The van der Waals surface area contributed by atoms with Crippen LogP contribution in [0.1, 0.15) is 46.0 Å². The fourth-order valence-corrected chi connectivity index (χ4v) is 0. The van der Waals surface area contributed by atoms with Gasteiger partial charge in [-0.05, 0) is 4.93 Å². The first kappa shape index (κ1) is 130. The van der Waals surface area contributed by atoms with E-state index in [9.17, 15) is 0 Å². The number of hydrogen-bond donors (Lipinski definition) is 0. The molecule has 0 nitrogen and oxygen atoms in total. The van der Waals surface area contributed by atoms with E-state index in [-0.39, 0.29) is 131 Å². The maximum Gasteiger partial charge on any atom is 1.00 e. The molecule has 0 aliphatic rings. The molecule has 0 aromatic rings. The van der Waals surface area contributed by atoms with Crippen LogP contribution in [-0.2, 0) is 0 Å². The Morgan fingerprint density at radius 2 is 0.727 bits per heavy atom. The Labute approximate surface area is 156 Å². The molecule has 0 aromatic carbocycles. The number of rotatable bonds is 0. The van der Waals surface area contributed by atoms with Crippen molar-refractivity contribution in [3.8, 4) is 0 Å². The minimum Gasteiger partial charge on any atom is -1.00 e. The molecule has 0 spiro atoms. The van der Waals surface area contributed by atoms with Gasteiger partial charge in [0.15, 0.2) is 0 Å². The largest absolute Gasteiger partial charge is 1.00 e. The first-order valence-electron chi connectivity index (χ1n) is 0.378. The van der Waals surface area contributed by atoms with Gasteiger partial charge >= 0.3 is 51.4 Å². The molecule has 80 valence electrons. The predicted octanol–water partition coefficient (Wildman–Crippen LogP) is 2.66. The van der Waals surface area contributed by atoms with Gasteiger partial charge in [0.1, 0.15) is 0 Å². The fraction of sp³-hybridized carbons (Fsp3) is 1.00. The van der Waals surface area contributed by atoms with Gasteiger partial charge in [0.25, 0.3) is 0 Å². The van der Waals surface area contributed by atoms with Crippen LogP contribution in [0.25, 0.3) is 0 Å². The zero-order valence-corrected chi connectivity index (χ0v) is 12.5.